The van der Waals surface area contributed by atoms with E-state index in [1.807, 2.05) is 18.2 Å². The van der Waals surface area contributed by atoms with Crippen LogP contribution in [0.3, 0.4) is 0 Å². The van der Waals surface area contributed by atoms with Gasteiger partial charge in [-0.05, 0) is 44.1 Å². The van der Waals surface area contributed by atoms with Gasteiger partial charge in [-0.25, -0.2) is 4.98 Å². The molecule has 0 aliphatic carbocycles. The van der Waals surface area contributed by atoms with Crippen molar-refractivity contribution in [3.63, 3.8) is 0 Å². The maximum atomic E-state index is 6.19. The van der Waals surface area contributed by atoms with Gasteiger partial charge in [-0.2, -0.15) is 0 Å². The van der Waals surface area contributed by atoms with E-state index in [0.717, 1.165) is 11.5 Å². The Kier molecular flexibility index (Phi) is 5.16. The Morgan fingerprint density at radius 1 is 1.26 bits per heavy atom. The van der Waals surface area contributed by atoms with Crippen molar-refractivity contribution in [2.24, 2.45) is 0 Å². The first-order chi connectivity index (χ1) is 8.62. The van der Waals surface area contributed by atoms with Crippen LogP contribution in [-0.2, 0) is 11.0 Å². The number of hydrogen-bond acceptors (Lipinski definition) is 3. The molecule has 0 unspecified atom stereocenters. The third kappa shape index (κ3) is 4.95. The highest BCUT2D eigenvalue weighted by Gasteiger charge is 2.37. The summed E-state index contributed by atoms with van der Waals surface area (Å²) in [7, 11) is -1.70. The SMILES string of the molecule is CC(C)Nc1cccc(CO[Si](C)(C)C(C)(C)C)n1. The van der Waals surface area contributed by atoms with Gasteiger partial charge in [-0.1, -0.05) is 26.8 Å². The van der Waals surface area contributed by atoms with Crippen LogP contribution in [0, 0.1) is 0 Å². The minimum atomic E-state index is -1.70. The van der Waals surface area contributed by atoms with E-state index in [9.17, 15) is 0 Å². The molecular formula is C15H28N2OSi. The normalized spacial score (nSPS) is 12.8. The van der Waals surface area contributed by atoms with Gasteiger partial charge in [-0.15, -0.1) is 0 Å². The molecule has 1 rings (SSSR count). The minimum absolute atomic E-state index is 0.237. The number of pyridine rings is 1. The molecule has 1 aromatic rings. The van der Waals surface area contributed by atoms with Gasteiger partial charge in [-0.3, -0.25) is 0 Å². The molecule has 1 N–H and O–H groups in total. The molecule has 1 heterocycles. The lowest BCUT2D eigenvalue weighted by molar-refractivity contribution is 0.272. The standard InChI is InChI=1S/C15H28N2OSi/c1-12(2)16-14-10-8-9-13(17-14)11-18-19(6,7)15(3,4)5/h8-10,12H,11H2,1-7H3,(H,16,17). The topological polar surface area (TPSA) is 34.1 Å². The molecule has 4 heteroatoms. The van der Waals surface area contributed by atoms with Crippen LogP contribution in [0.4, 0.5) is 5.82 Å². The molecule has 0 aliphatic heterocycles. The average molecular weight is 280 g/mol. The molecule has 0 saturated heterocycles. The monoisotopic (exact) mass is 280 g/mol. The van der Waals surface area contributed by atoms with Gasteiger partial charge in [0, 0.05) is 6.04 Å². The third-order valence-electron chi connectivity index (χ3n) is 3.63. The van der Waals surface area contributed by atoms with Crippen molar-refractivity contribution in [2.75, 3.05) is 5.32 Å². The summed E-state index contributed by atoms with van der Waals surface area (Å²) in [5.41, 5.74) is 0.996. The second-order valence-corrected chi connectivity index (χ2v) is 11.7. The summed E-state index contributed by atoms with van der Waals surface area (Å²) >= 11 is 0. The summed E-state index contributed by atoms with van der Waals surface area (Å²) in [6.45, 7) is 16.1. The first-order valence-corrected chi connectivity index (χ1v) is 9.89. The van der Waals surface area contributed by atoms with E-state index in [4.69, 9.17) is 4.43 Å². The fourth-order valence-electron chi connectivity index (χ4n) is 1.41. The second kappa shape index (κ2) is 6.05. The predicted molar refractivity (Wildman–Crippen MR) is 85.0 cm³/mol. The average Bonchev–Trinajstić information content (AvgIpc) is 2.24. The maximum Gasteiger partial charge on any atom is 0.192 e. The van der Waals surface area contributed by atoms with Crippen molar-refractivity contribution < 1.29 is 4.43 Å². The minimum Gasteiger partial charge on any atom is -0.411 e. The van der Waals surface area contributed by atoms with Gasteiger partial charge in [0.2, 0.25) is 0 Å². The smallest absolute Gasteiger partial charge is 0.192 e. The van der Waals surface area contributed by atoms with E-state index in [1.165, 1.54) is 0 Å². The number of rotatable bonds is 5. The summed E-state index contributed by atoms with van der Waals surface area (Å²) in [5.74, 6) is 0.923. The van der Waals surface area contributed by atoms with Crippen molar-refractivity contribution in [1.29, 1.82) is 0 Å². The third-order valence-corrected chi connectivity index (χ3v) is 8.11. The number of anilines is 1. The summed E-state index contributed by atoms with van der Waals surface area (Å²) in [6, 6.07) is 6.44. The van der Waals surface area contributed by atoms with Gasteiger partial charge >= 0.3 is 0 Å². The molecule has 1 aromatic heterocycles. The molecular weight excluding hydrogens is 252 g/mol. The Hall–Kier alpha value is -0.873. The van der Waals surface area contributed by atoms with Crippen molar-refractivity contribution in [3.05, 3.63) is 23.9 Å². The number of nitrogens with zero attached hydrogens (tertiary/aromatic N) is 1. The molecule has 0 atom stereocenters. The number of hydrogen-bond donors (Lipinski definition) is 1. The highest BCUT2D eigenvalue weighted by atomic mass is 28.4. The van der Waals surface area contributed by atoms with Gasteiger partial charge in [0.1, 0.15) is 5.82 Å². The predicted octanol–water partition coefficient (Wildman–Crippen LogP) is 4.42. The van der Waals surface area contributed by atoms with E-state index in [-0.39, 0.29) is 5.04 Å². The van der Waals surface area contributed by atoms with Gasteiger partial charge in [0.05, 0.1) is 12.3 Å². The summed E-state index contributed by atoms with van der Waals surface area (Å²) in [5, 5.41) is 3.55. The van der Waals surface area contributed by atoms with E-state index >= 15 is 0 Å². The lowest BCUT2D eigenvalue weighted by atomic mass is 10.2. The van der Waals surface area contributed by atoms with Crippen LogP contribution in [0.15, 0.2) is 18.2 Å². The zero-order valence-electron chi connectivity index (χ0n) is 13.4. The molecule has 0 radical (unpaired) electrons. The first kappa shape index (κ1) is 16.2. The van der Waals surface area contributed by atoms with Crippen LogP contribution >= 0.6 is 0 Å². The van der Waals surface area contributed by atoms with Crippen LogP contribution in [0.1, 0.15) is 40.3 Å². The second-order valence-electron chi connectivity index (χ2n) is 6.86. The molecule has 0 bridgehead atoms. The summed E-state index contributed by atoms with van der Waals surface area (Å²) in [4.78, 5) is 4.58. The quantitative estimate of drug-likeness (QED) is 0.811. The Morgan fingerprint density at radius 2 is 1.89 bits per heavy atom. The Labute approximate surface area is 118 Å². The highest BCUT2D eigenvalue weighted by molar-refractivity contribution is 6.74. The van der Waals surface area contributed by atoms with E-state index < -0.39 is 8.32 Å². The van der Waals surface area contributed by atoms with E-state index in [1.54, 1.807) is 0 Å². The fourth-order valence-corrected chi connectivity index (χ4v) is 2.35. The molecule has 0 aromatic carbocycles. The molecule has 0 spiro atoms. The van der Waals surface area contributed by atoms with Crippen LogP contribution in [-0.4, -0.2) is 19.3 Å². The number of aromatic nitrogens is 1. The van der Waals surface area contributed by atoms with Gasteiger partial charge in [0.25, 0.3) is 0 Å². The fraction of sp³-hybridized carbons (Fsp3) is 0.667. The zero-order valence-corrected chi connectivity index (χ0v) is 14.4. The molecule has 0 saturated carbocycles. The van der Waals surface area contributed by atoms with Gasteiger partial charge < -0.3 is 9.74 Å². The van der Waals surface area contributed by atoms with E-state index in [0.29, 0.717) is 12.6 Å². The van der Waals surface area contributed by atoms with Crippen molar-refractivity contribution in [2.45, 2.75) is 65.4 Å². The van der Waals surface area contributed by atoms with Crippen LogP contribution < -0.4 is 5.32 Å². The van der Waals surface area contributed by atoms with Crippen molar-refractivity contribution in [3.8, 4) is 0 Å². The Bertz CT molecular complexity index is 411. The maximum absolute atomic E-state index is 6.19. The Balaban J connectivity index is 2.68. The van der Waals surface area contributed by atoms with E-state index in [2.05, 4.69) is 58.0 Å². The van der Waals surface area contributed by atoms with Crippen LogP contribution in [0.2, 0.25) is 18.1 Å². The molecule has 3 nitrogen and oxygen atoms in total. The number of nitrogens with one attached hydrogen (secondary N) is 1. The van der Waals surface area contributed by atoms with Gasteiger partial charge in [0.15, 0.2) is 8.32 Å². The molecule has 19 heavy (non-hydrogen) atoms. The molecule has 0 aliphatic rings. The first-order valence-electron chi connectivity index (χ1n) is 6.98. The lowest BCUT2D eigenvalue weighted by Crippen LogP contribution is -2.40. The largest absolute Gasteiger partial charge is 0.411 e. The molecule has 108 valence electrons. The molecule has 0 fully saturated rings. The van der Waals surface area contributed by atoms with Crippen molar-refractivity contribution in [1.82, 2.24) is 4.98 Å². The zero-order chi connectivity index (χ0) is 14.7. The van der Waals surface area contributed by atoms with Crippen LogP contribution in [0.25, 0.3) is 0 Å². The highest BCUT2D eigenvalue weighted by Crippen LogP contribution is 2.36. The van der Waals surface area contributed by atoms with Crippen molar-refractivity contribution >= 4 is 14.1 Å². The Morgan fingerprint density at radius 3 is 2.42 bits per heavy atom. The van der Waals surface area contributed by atoms with Crippen LogP contribution in [0.5, 0.6) is 0 Å². The molecule has 0 amide bonds. The summed E-state index contributed by atoms with van der Waals surface area (Å²) < 4.78 is 6.19. The lowest BCUT2D eigenvalue weighted by Gasteiger charge is -2.36. The summed E-state index contributed by atoms with van der Waals surface area (Å²) in [6.07, 6.45) is 0.